The summed E-state index contributed by atoms with van der Waals surface area (Å²) in [5.74, 6) is -0.319. The lowest BCUT2D eigenvalue weighted by Gasteiger charge is -2.17. The Morgan fingerprint density at radius 2 is 1.76 bits per heavy atom. The van der Waals surface area contributed by atoms with E-state index in [0.29, 0.717) is 16.9 Å². The predicted molar refractivity (Wildman–Crippen MR) is 92.8 cm³/mol. The number of hydrogen-bond acceptors (Lipinski definition) is 4. The average molecular weight is 337 g/mol. The van der Waals surface area contributed by atoms with Crippen LogP contribution in [0.4, 0.5) is 0 Å². The molecule has 2 aromatic carbocycles. The van der Waals surface area contributed by atoms with E-state index in [2.05, 4.69) is 10.9 Å². The van der Waals surface area contributed by atoms with Crippen LogP contribution in [-0.2, 0) is 4.79 Å². The average Bonchev–Trinajstić information content (AvgIpc) is 2.63. The van der Waals surface area contributed by atoms with Gasteiger partial charge >= 0.3 is 0 Å². The summed E-state index contributed by atoms with van der Waals surface area (Å²) in [4.78, 5) is 24.1. The number of benzene rings is 2. The van der Waals surface area contributed by atoms with Crippen molar-refractivity contribution < 1.29 is 14.3 Å². The fraction of sp³-hybridized carbons (Fsp3) is 0.211. The standard InChI is InChI=1S/C19H19N3O3/c1-12-5-4-6-17(13(12)2)25-14(3)18(23)21-22-19(24)16-9-7-15(11-20)8-10-16/h4-10,14H,1-3H3,(H,21,23)(H,22,24). The largest absolute Gasteiger partial charge is 0.481 e. The molecule has 0 aliphatic rings. The van der Waals surface area contributed by atoms with E-state index in [1.54, 1.807) is 13.0 Å². The van der Waals surface area contributed by atoms with E-state index < -0.39 is 17.9 Å². The Kier molecular flexibility index (Phi) is 5.75. The van der Waals surface area contributed by atoms with E-state index in [-0.39, 0.29) is 0 Å². The van der Waals surface area contributed by atoms with Crippen molar-refractivity contribution in [2.75, 3.05) is 0 Å². The van der Waals surface area contributed by atoms with Gasteiger partial charge in [-0.15, -0.1) is 0 Å². The fourth-order valence-corrected chi connectivity index (χ4v) is 2.08. The summed E-state index contributed by atoms with van der Waals surface area (Å²) in [6, 6.07) is 13.7. The summed E-state index contributed by atoms with van der Waals surface area (Å²) in [6.07, 6.45) is -0.776. The van der Waals surface area contributed by atoms with Gasteiger partial charge in [0.1, 0.15) is 5.75 Å². The van der Waals surface area contributed by atoms with Crippen molar-refractivity contribution in [2.24, 2.45) is 0 Å². The van der Waals surface area contributed by atoms with E-state index in [1.807, 2.05) is 32.0 Å². The smallest absolute Gasteiger partial charge is 0.279 e. The summed E-state index contributed by atoms with van der Waals surface area (Å²) >= 11 is 0. The van der Waals surface area contributed by atoms with Crippen LogP contribution in [0.5, 0.6) is 5.75 Å². The van der Waals surface area contributed by atoms with Crippen LogP contribution in [0.1, 0.15) is 34.0 Å². The Morgan fingerprint density at radius 1 is 1.08 bits per heavy atom. The molecule has 0 radical (unpaired) electrons. The minimum Gasteiger partial charge on any atom is -0.481 e. The van der Waals surface area contributed by atoms with Gasteiger partial charge in [-0.1, -0.05) is 12.1 Å². The third-order valence-electron chi connectivity index (χ3n) is 3.80. The maximum Gasteiger partial charge on any atom is 0.279 e. The molecule has 0 heterocycles. The van der Waals surface area contributed by atoms with Gasteiger partial charge < -0.3 is 4.74 Å². The monoisotopic (exact) mass is 337 g/mol. The molecular formula is C19H19N3O3. The normalized spacial score (nSPS) is 11.1. The lowest BCUT2D eigenvalue weighted by molar-refractivity contribution is -0.128. The molecule has 2 N–H and O–H groups in total. The number of amides is 2. The molecule has 1 unspecified atom stereocenters. The quantitative estimate of drug-likeness (QED) is 0.838. The first-order chi connectivity index (χ1) is 11.9. The van der Waals surface area contributed by atoms with Crippen LogP contribution in [0, 0.1) is 25.2 Å². The second-order valence-electron chi connectivity index (χ2n) is 5.59. The van der Waals surface area contributed by atoms with Gasteiger partial charge in [0.2, 0.25) is 0 Å². The zero-order valence-electron chi connectivity index (χ0n) is 14.3. The molecule has 0 aromatic heterocycles. The third kappa shape index (κ3) is 4.58. The van der Waals surface area contributed by atoms with E-state index in [1.165, 1.54) is 24.3 Å². The Hall–Kier alpha value is -3.33. The van der Waals surface area contributed by atoms with Gasteiger partial charge in [0.15, 0.2) is 6.10 Å². The number of nitrogens with one attached hydrogen (secondary N) is 2. The fourth-order valence-electron chi connectivity index (χ4n) is 2.08. The first-order valence-corrected chi connectivity index (χ1v) is 7.75. The summed E-state index contributed by atoms with van der Waals surface area (Å²) in [7, 11) is 0. The highest BCUT2D eigenvalue weighted by atomic mass is 16.5. The number of nitriles is 1. The van der Waals surface area contributed by atoms with Crippen molar-refractivity contribution in [3.63, 3.8) is 0 Å². The topological polar surface area (TPSA) is 91.2 Å². The van der Waals surface area contributed by atoms with Crippen LogP contribution in [0.25, 0.3) is 0 Å². The van der Waals surface area contributed by atoms with Crippen molar-refractivity contribution in [1.82, 2.24) is 10.9 Å². The molecular weight excluding hydrogens is 318 g/mol. The molecule has 6 nitrogen and oxygen atoms in total. The minimum absolute atomic E-state index is 0.336. The number of aryl methyl sites for hydroxylation is 1. The molecule has 25 heavy (non-hydrogen) atoms. The summed E-state index contributed by atoms with van der Waals surface area (Å²) in [5, 5.41) is 8.74. The van der Waals surface area contributed by atoms with Gasteiger partial charge in [0.05, 0.1) is 11.6 Å². The Morgan fingerprint density at radius 3 is 2.40 bits per heavy atom. The third-order valence-corrected chi connectivity index (χ3v) is 3.80. The maximum atomic E-state index is 12.1. The zero-order chi connectivity index (χ0) is 18.4. The van der Waals surface area contributed by atoms with Crippen LogP contribution >= 0.6 is 0 Å². The second-order valence-corrected chi connectivity index (χ2v) is 5.59. The van der Waals surface area contributed by atoms with Gasteiger partial charge in [-0.2, -0.15) is 5.26 Å². The Bertz CT molecular complexity index is 823. The highest BCUT2D eigenvalue weighted by Gasteiger charge is 2.17. The number of ether oxygens (including phenoxy) is 1. The minimum atomic E-state index is -0.776. The van der Waals surface area contributed by atoms with Crippen LogP contribution in [0.3, 0.4) is 0 Å². The lowest BCUT2D eigenvalue weighted by atomic mass is 10.1. The second kappa shape index (κ2) is 7.97. The number of hydrazine groups is 1. The van der Waals surface area contributed by atoms with Gasteiger partial charge in [-0.3, -0.25) is 20.4 Å². The van der Waals surface area contributed by atoms with Crippen molar-refractivity contribution in [1.29, 1.82) is 5.26 Å². The Labute approximate surface area is 146 Å². The van der Waals surface area contributed by atoms with E-state index >= 15 is 0 Å². The number of carbonyl (C=O) groups excluding carboxylic acids is 2. The molecule has 2 amide bonds. The maximum absolute atomic E-state index is 12.1. The molecule has 6 heteroatoms. The van der Waals surface area contributed by atoms with Crippen LogP contribution in [-0.4, -0.2) is 17.9 Å². The molecule has 0 bridgehead atoms. The summed E-state index contributed by atoms with van der Waals surface area (Å²) < 4.78 is 5.66. The predicted octanol–water partition coefficient (Wildman–Crippen LogP) is 2.40. The zero-order valence-corrected chi connectivity index (χ0v) is 14.3. The molecule has 0 saturated carbocycles. The molecule has 2 aromatic rings. The first kappa shape index (κ1) is 18.0. The number of carbonyl (C=O) groups is 2. The molecule has 0 saturated heterocycles. The number of nitrogens with zero attached hydrogens (tertiary/aromatic N) is 1. The van der Waals surface area contributed by atoms with Crippen molar-refractivity contribution in [3.05, 3.63) is 64.7 Å². The molecule has 1 atom stereocenters. The number of hydrogen-bond donors (Lipinski definition) is 2. The number of rotatable bonds is 4. The van der Waals surface area contributed by atoms with Crippen LogP contribution in [0.2, 0.25) is 0 Å². The van der Waals surface area contributed by atoms with Crippen molar-refractivity contribution in [3.8, 4) is 11.8 Å². The van der Waals surface area contributed by atoms with Crippen LogP contribution in [0.15, 0.2) is 42.5 Å². The van der Waals surface area contributed by atoms with Crippen molar-refractivity contribution >= 4 is 11.8 Å². The summed E-state index contributed by atoms with van der Waals surface area (Å²) in [5.41, 5.74) is 7.48. The molecule has 2 rings (SSSR count). The molecule has 0 spiro atoms. The lowest BCUT2D eigenvalue weighted by Crippen LogP contribution is -2.47. The SMILES string of the molecule is Cc1cccc(OC(C)C(=O)NNC(=O)c2ccc(C#N)cc2)c1C. The summed E-state index contributed by atoms with van der Waals surface area (Å²) in [6.45, 7) is 5.48. The van der Waals surface area contributed by atoms with E-state index in [4.69, 9.17) is 10.00 Å². The van der Waals surface area contributed by atoms with Crippen molar-refractivity contribution in [2.45, 2.75) is 26.9 Å². The van der Waals surface area contributed by atoms with Gasteiger partial charge in [-0.25, -0.2) is 0 Å². The molecule has 128 valence electrons. The Balaban J connectivity index is 1.91. The molecule has 0 aliphatic heterocycles. The van der Waals surface area contributed by atoms with E-state index in [9.17, 15) is 9.59 Å². The van der Waals surface area contributed by atoms with E-state index in [0.717, 1.165) is 11.1 Å². The molecule has 0 fully saturated rings. The molecule has 0 aliphatic carbocycles. The van der Waals surface area contributed by atoms with Gasteiger partial charge in [0.25, 0.3) is 11.8 Å². The first-order valence-electron chi connectivity index (χ1n) is 7.75. The highest BCUT2D eigenvalue weighted by Crippen LogP contribution is 2.21. The van der Waals surface area contributed by atoms with Gasteiger partial charge in [0, 0.05) is 5.56 Å². The van der Waals surface area contributed by atoms with Crippen LogP contribution < -0.4 is 15.6 Å². The highest BCUT2D eigenvalue weighted by molar-refractivity contribution is 5.95. The van der Waals surface area contributed by atoms with Gasteiger partial charge in [-0.05, 0) is 62.2 Å².